The average molecular weight is 491 g/mol. The van der Waals surface area contributed by atoms with Crippen molar-refractivity contribution in [3.63, 3.8) is 0 Å². The molecule has 2 amide bonds. The van der Waals surface area contributed by atoms with Gasteiger partial charge in [0.1, 0.15) is 22.9 Å². The number of nitrogens with two attached hydrogens (primary N) is 1. The van der Waals surface area contributed by atoms with Crippen LogP contribution >= 0.6 is 0 Å². The minimum Gasteiger partial charge on any atom is -0.455 e. The molecule has 1 heterocycles. The molecule has 4 N–H and O–H groups in total. The van der Waals surface area contributed by atoms with Gasteiger partial charge in [-0.05, 0) is 25.0 Å². The standard InChI is InChI=1S/C23H21F4N5O3/c1-2-29-11-14(10-28)20(33)32-22(7-8-22)21(34)31-13-18-17(24)9-15(12-30-18)35-19-6-4-3-5-16(19)23(25,26)27/h2-6,9-12H,1,7-8,13,28H2,(H,31,34)(H,32,33)/b14-10+,29-11-. The fraction of sp³-hybridized carbons (Fsp3) is 0.217. The maximum atomic E-state index is 14.5. The van der Waals surface area contributed by atoms with Gasteiger partial charge in [-0.3, -0.25) is 19.6 Å². The number of benzene rings is 1. The van der Waals surface area contributed by atoms with Gasteiger partial charge in [0, 0.05) is 24.7 Å². The quantitative estimate of drug-likeness (QED) is 0.282. The first-order valence-corrected chi connectivity index (χ1v) is 10.2. The van der Waals surface area contributed by atoms with Crippen molar-refractivity contribution in [1.29, 1.82) is 0 Å². The fourth-order valence-electron chi connectivity index (χ4n) is 3.02. The van der Waals surface area contributed by atoms with Gasteiger partial charge in [0.2, 0.25) is 5.91 Å². The minimum atomic E-state index is -4.65. The number of carbonyl (C=O) groups is 2. The number of carbonyl (C=O) groups excluding carboxylic acids is 2. The molecule has 1 fully saturated rings. The number of aromatic nitrogens is 1. The van der Waals surface area contributed by atoms with E-state index in [1.165, 1.54) is 24.5 Å². The number of para-hydroxylation sites is 1. The van der Waals surface area contributed by atoms with E-state index in [2.05, 4.69) is 27.2 Å². The molecule has 2 aromatic rings. The SMILES string of the molecule is C=C/N=C\C(=C/N)C(=O)NC1(C(=O)NCc2ncc(Oc3ccccc3C(F)(F)F)cc2F)CC1. The molecule has 0 aliphatic heterocycles. The lowest BCUT2D eigenvalue weighted by Crippen LogP contribution is -2.49. The van der Waals surface area contributed by atoms with Gasteiger partial charge in [0.05, 0.1) is 29.6 Å². The van der Waals surface area contributed by atoms with Crippen molar-refractivity contribution in [2.75, 3.05) is 0 Å². The number of ether oxygens (including phenoxy) is 1. The predicted octanol–water partition coefficient (Wildman–Crippen LogP) is 3.35. The Hall–Kier alpha value is -4.22. The molecule has 1 saturated carbocycles. The van der Waals surface area contributed by atoms with Crippen LogP contribution in [0.4, 0.5) is 17.6 Å². The van der Waals surface area contributed by atoms with Crippen LogP contribution in [0.2, 0.25) is 0 Å². The molecule has 8 nitrogen and oxygen atoms in total. The molecule has 0 saturated heterocycles. The molecule has 1 aliphatic rings. The van der Waals surface area contributed by atoms with E-state index in [-0.39, 0.29) is 23.6 Å². The van der Waals surface area contributed by atoms with E-state index in [0.717, 1.165) is 30.6 Å². The molecule has 0 radical (unpaired) electrons. The first kappa shape index (κ1) is 25.4. The average Bonchev–Trinajstić information content (AvgIpc) is 3.59. The fourth-order valence-corrected chi connectivity index (χ4v) is 3.02. The largest absolute Gasteiger partial charge is 0.455 e. The van der Waals surface area contributed by atoms with Crippen molar-refractivity contribution in [3.05, 3.63) is 78.2 Å². The zero-order valence-electron chi connectivity index (χ0n) is 18.2. The third-order valence-electron chi connectivity index (χ3n) is 5.03. The number of rotatable bonds is 9. The van der Waals surface area contributed by atoms with Crippen LogP contribution in [0.5, 0.6) is 11.5 Å². The highest BCUT2D eigenvalue weighted by molar-refractivity contribution is 6.13. The summed E-state index contributed by atoms with van der Waals surface area (Å²) in [6.45, 7) is 3.07. The Kier molecular flexibility index (Phi) is 7.52. The van der Waals surface area contributed by atoms with Gasteiger partial charge in [0.25, 0.3) is 5.91 Å². The van der Waals surface area contributed by atoms with Gasteiger partial charge < -0.3 is 21.1 Å². The number of nitrogens with zero attached hydrogens (tertiary/aromatic N) is 2. The van der Waals surface area contributed by atoms with Crippen molar-refractivity contribution < 1.29 is 31.9 Å². The molecule has 184 valence electrons. The van der Waals surface area contributed by atoms with Crippen LogP contribution in [0.1, 0.15) is 24.1 Å². The van der Waals surface area contributed by atoms with Crippen LogP contribution < -0.4 is 21.1 Å². The number of alkyl halides is 3. The van der Waals surface area contributed by atoms with Gasteiger partial charge in [0.15, 0.2) is 0 Å². The van der Waals surface area contributed by atoms with Crippen molar-refractivity contribution >= 4 is 18.0 Å². The second kappa shape index (κ2) is 10.4. The topological polar surface area (TPSA) is 119 Å². The zero-order chi connectivity index (χ0) is 25.6. The van der Waals surface area contributed by atoms with Gasteiger partial charge in [-0.2, -0.15) is 13.2 Å². The summed E-state index contributed by atoms with van der Waals surface area (Å²) in [6, 6.07) is 5.37. The Morgan fingerprint density at radius 1 is 1.29 bits per heavy atom. The third-order valence-corrected chi connectivity index (χ3v) is 5.03. The van der Waals surface area contributed by atoms with E-state index in [0.29, 0.717) is 12.8 Å². The van der Waals surface area contributed by atoms with Gasteiger partial charge in [-0.25, -0.2) is 4.39 Å². The van der Waals surface area contributed by atoms with Crippen LogP contribution in [-0.2, 0) is 22.3 Å². The van der Waals surface area contributed by atoms with E-state index in [1.807, 2.05) is 0 Å². The molecule has 35 heavy (non-hydrogen) atoms. The summed E-state index contributed by atoms with van der Waals surface area (Å²) >= 11 is 0. The lowest BCUT2D eigenvalue weighted by atomic mass is 10.2. The molecule has 1 aliphatic carbocycles. The molecular formula is C23H21F4N5O3. The van der Waals surface area contributed by atoms with E-state index in [9.17, 15) is 27.2 Å². The lowest BCUT2D eigenvalue weighted by Gasteiger charge is -2.17. The number of pyridine rings is 1. The summed E-state index contributed by atoms with van der Waals surface area (Å²) in [6.07, 6.45) is 0.552. The Morgan fingerprint density at radius 2 is 2.00 bits per heavy atom. The summed E-state index contributed by atoms with van der Waals surface area (Å²) in [4.78, 5) is 32.5. The Labute approximate surface area is 197 Å². The lowest BCUT2D eigenvalue weighted by molar-refractivity contribution is -0.138. The molecule has 1 aromatic heterocycles. The van der Waals surface area contributed by atoms with E-state index in [4.69, 9.17) is 10.5 Å². The number of hydrogen-bond acceptors (Lipinski definition) is 6. The maximum Gasteiger partial charge on any atom is 0.419 e. The summed E-state index contributed by atoms with van der Waals surface area (Å²) < 4.78 is 59.0. The normalized spacial score (nSPS) is 14.9. The van der Waals surface area contributed by atoms with Crippen LogP contribution in [0.15, 0.2) is 66.1 Å². The highest BCUT2D eigenvalue weighted by Gasteiger charge is 2.51. The smallest absolute Gasteiger partial charge is 0.419 e. The van der Waals surface area contributed by atoms with Crippen LogP contribution in [0, 0.1) is 5.82 Å². The number of hydrogen-bond donors (Lipinski definition) is 3. The van der Waals surface area contributed by atoms with Gasteiger partial charge in [-0.1, -0.05) is 18.7 Å². The predicted molar refractivity (Wildman–Crippen MR) is 119 cm³/mol. The molecule has 0 unspecified atom stereocenters. The van der Waals surface area contributed by atoms with Crippen LogP contribution in [0.3, 0.4) is 0 Å². The second-order valence-corrected chi connectivity index (χ2v) is 7.50. The van der Waals surface area contributed by atoms with Crippen LogP contribution in [0.25, 0.3) is 0 Å². The number of nitrogens with one attached hydrogen (secondary N) is 2. The molecule has 1 aromatic carbocycles. The number of halogens is 4. The Morgan fingerprint density at radius 3 is 2.60 bits per heavy atom. The first-order valence-electron chi connectivity index (χ1n) is 10.2. The second-order valence-electron chi connectivity index (χ2n) is 7.50. The number of aliphatic imine (C=N–C) groups is 1. The molecule has 3 rings (SSSR count). The van der Waals surface area contributed by atoms with E-state index >= 15 is 0 Å². The zero-order valence-corrected chi connectivity index (χ0v) is 18.2. The third kappa shape index (κ3) is 6.22. The van der Waals surface area contributed by atoms with Gasteiger partial charge in [-0.15, -0.1) is 0 Å². The molecule has 12 heteroatoms. The van der Waals surface area contributed by atoms with E-state index in [1.54, 1.807) is 0 Å². The molecule has 0 spiro atoms. The first-order chi connectivity index (χ1) is 16.6. The van der Waals surface area contributed by atoms with Gasteiger partial charge >= 0.3 is 6.18 Å². The summed E-state index contributed by atoms with van der Waals surface area (Å²) in [5.74, 6) is -2.81. The van der Waals surface area contributed by atoms with Crippen molar-refractivity contribution in [3.8, 4) is 11.5 Å². The maximum absolute atomic E-state index is 14.5. The molecular weight excluding hydrogens is 470 g/mol. The summed E-state index contributed by atoms with van der Waals surface area (Å²) in [5, 5.41) is 5.08. The van der Waals surface area contributed by atoms with Crippen molar-refractivity contribution in [2.24, 2.45) is 10.7 Å². The van der Waals surface area contributed by atoms with Crippen molar-refractivity contribution in [1.82, 2.24) is 15.6 Å². The minimum absolute atomic E-state index is 0.0272. The van der Waals surface area contributed by atoms with E-state index < -0.39 is 40.7 Å². The Bertz CT molecular complexity index is 1190. The highest BCUT2D eigenvalue weighted by atomic mass is 19.4. The van der Waals surface area contributed by atoms with Crippen LogP contribution in [-0.4, -0.2) is 28.6 Å². The number of amides is 2. The molecule has 0 atom stereocenters. The molecule has 0 bridgehead atoms. The van der Waals surface area contributed by atoms with Crippen molar-refractivity contribution in [2.45, 2.75) is 31.1 Å². The summed E-state index contributed by atoms with van der Waals surface area (Å²) in [5.41, 5.74) is 3.08. The Balaban J connectivity index is 1.63. The summed E-state index contributed by atoms with van der Waals surface area (Å²) in [7, 11) is 0. The monoisotopic (exact) mass is 491 g/mol. The highest BCUT2D eigenvalue weighted by Crippen LogP contribution is 2.38.